The number of fused-ring (bicyclic) bond motifs is 4. The van der Waals surface area contributed by atoms with Gasteiger partial charge in [0.15, 0.2) is 0 Å². The Labute approximate surface area is 217 Å². The molecule has 1 heterocycles. The molecule has 0 saturated heterocycles. The van der Waals surface area contributed by atoms with Crippen LogP contribution < -0.4 is 5.32 Å². The molecule has 1 amide bonds. The number of aromatic amines is 1. The molecular formula is C31H32N2O4. The molecular weight excluding hydrogens is 464 g/mol. The lowest BCUT2D eigenvalue weighted by molar-refractivity contribution is -0.157. The molecule has 0 fully saturated rings. The molecule has 3 aromatic carbocycles. The van der Waals surface area contributed by atoms with Gasteiger partial charge < -0.3 is 19.8 Å². The molecule has 0 saturated carbocycles. The Bertz CT molecular complexity index is 1420. The molecule has 190 valence electrons. The van der Waals surface area contributed by atoms with Crippen LogP contribution in [0.4, 0.5) is 4.79 Å². The van der Waals surface area contributed by atoms with Crippen molar-refractivity contribution in [3.05, 3.63) is 95.2 Å². The maximum atomic E-state index is 13.2. The van der Waals surface area contributed by atoms with Crippen molar-refractivity contribution in [1.82, 2.24) is 10.3 Å². The highest BCUT2D eigenvalue weighted by Crippen LogP contribution is 2.44. The fourth-order valence-electron chi connectivity index (χ4n) is 5.15. The lowest BCUT2D eigenvalue weighted by atomic mass is 9.98. The third kappa shape index (κ3) is 5.10. The van der Waals surface area contributed by atoms with Crippen LogP contribution >= 0.6 is 0 Å². The summed E-state index contributed by atoms with van der Waals surface area (Å²) in [5, 5.41) is 3.81. The van der Waals surface area contributed by atoms with Gasteiger partial charge in [-0.1, -0.05) is 66.7 Å². The third-order valence-corrected chi connectivity index (χ3v) is 6.76. The Morgan fingerprint density at radius 1 is 0.919 bits per heavy atom. The first-order chi connectivity index (χ1) is 17.7. The SMILES string of the molecule is Cc1[nH]c2ccccc2c1C[C@H](NC(=O)OCC1c2ccccc2-c2ccccc21)C(=O)OC(C)(C)C. The molecule has 1 aromatic heterocycles. The van der Waals surface area contributed by atoms with Gasteiger partial charge in [-0.05, 0) is 61.6 Å². The molecule has 5 rings (SSSR count). The maximum Gasteiger partial charge on any atom is 0.407 e. The van der Waals surface area contributed by atoms with Crippen LogP contribution in [-0.2, 0) is 20.7 Å². The number of carbonyl (C=O) groups excluding carboxylic acids is 2. The van der Waals surface area contributed by atoms with E-state index in [2.05, 4.69) is 34.6 Å². The largest absolute Gasteiger partial charge is 0.458 e. The fraction of sp³-hybridized carbons (Fsp3) is 0.290. The smallest absolute Gasteiger partial charge is 0.407 e. The van der Waals surface area contributed by atoms with E-state index in [-0.39, 0.29) is 18.9 Å². The second kappa shape index (κ2) is 9.77. The topological polar surface area (TPSA) is 80.4 Å². The van der Waals surface area contributed by atoms with Crippen molar-refractivity contribution in [3.8, 4) is 11.1 Å². The van der Waals surface area contributed by atoms with E-state index in [1.54, 1.807) is 0 Å². The Hall–Kier alpha value is -4.06. The van der Waals surface area contributed by atoms with Crippen LogP contribution in [0.5, 0.6) is 0 Å². The Morgan fingerprint density at radius 2 is 1.51 bits per heavy atom. The van der Waals surface area contributed by atoms with Gasteiger partial charge in [-0.2, -0.15) is 0 Å². The first kappa shape index (κ1) is 24.6. The van der Waals surface area contributed by atoms with Crippen LogP contribution in [0.25, 0.3) is 22.0 Å². The Morgan fingerprint density at radius 3 is 2.16 bits per heavy atom. The summed E-state index contributed by atoms with van der Waals surface area (Å²) in [6, 6.07) is 23.4. The minimum Gasteiger partial charge on any atom is -0.458 e. The van der Waals surface area contributed by atoms with E-state index in [0.717, 1.165) is 44.4 Å². The molecule has 6 nitrogen and oxygen atoms in total. The van der Waals surface area contributed by atoms with Crippen LogP contribution in [-0.4, -0.2) is 35.3 Å². The average molecular weight is 497 g/mol. The zero-order valence-electron chi connectivity index (χ0n) is 21.6. The normalized spacial score (nSPS) is 13.6. The highest BCUT2D eigenvalue weighted by molar-refractivity contribution is 5.87. The second-order valence-electron chi connectivity index (χ2n) is 10.5. The van der Waals surface area contributed by atoms with E-state index in [4.69, 9.17) is 9.47 Å². The summed E-state index contributed by atoms with van der Waals surface area (Å²) in [6.07, 6.45) is -0.357. The van der Waals surface area contributed by atoms with Crippen molar-refractivity contribution < 1.29 is 19.1 Å². The highest BCUT2D eigenvalue weighted by atomic mass is 16.6. The molecule has 1 atom stereocenters. The number of rotatable bonds is 6. The second-order valence-corrected chi connectivity index (χ2v) is 10.5. The minimum absolute atomic E-state index is 0.0611. The Kier molecular flexibility index (Phi) is 6.50. The van der Waals surface area contributed by atoms with Gasteiger partial charge in [0.2, 0.25) is 0 Å². The van der Waals surface area contributed by atoms with Gasteiger partial charge in [-0.3, -0.25) is 0 Å². The first-order valence-electron chi connectivity index (χ1n) is 12.6. The molecule has 6 heteroatoms. The number of H-pyrrole nitrogens is 1. The summed E-state index contributed by atoms with van der Waals surface area (Å²) < 4.78 is 11.4. The Balaban J connectivity index is 1.34. The monoisotopic (exact) mass is 496 g/mol. The van der Waals surface area contributed by atoms with Gasteiger partial charge in [-0.25, -0.2) is 9.59 Å². The lowest BCUT2D eigenvalue weighted by Crippen LogP contribution is -2.46. The number of para-hydroxylation sites is 1. The van der Waals surface area contributed by atoms with E-state index in [1.165, 1.54) is 0 Å². The molecule has 0 radical (unpaired) electrons. The van der Waals surface area contributed by atoms with Gasteiger partial charge in [0.05, 0.1) is 0 Å². The predicted molar refractivity (Wildman–Crippen MR) is 145 cm³/mol. The third-order valence-electron chi connectivity index (χ3n) is 6.76. The molecule has 0 spiro atoms. The molecule has 0 unspecified atom stereocenters. The van der Waals surface area contributed by atoms with Crippen LogP contribution in [0.2, 0.25) is 0 Å². The van der Waals surface area contributed by atoms with Crippen LogP contribution in [0, 0.1) is 6.92 Å². The van der Waals surface area contributed by atoms with E-state index >= 15 is 0 Å². The predicted octanol–water partition coefficient (Wildman–Crippen LogP) is 6.27. The van der Waals surface area contributed by atoms with Crippen molar-refractivity contribution in [1.29, 1.82) is 0 Å². The average Bonchev–Trinajstić information content (AvgIpc) is 3.35. The van der Waals surface area contributed by atoms with E-state index in [9.17, 15) is 9.59 Å². The summed E-state index contributed by atoms with van der Waals surface area (Å²) in [5.74, 6) is -0.556. The first-order valence-corrected chi connectivity index (χ1v) is 12.6. The lowest BCUT2D eigenvalue weighted by Gasteiger charge is -2.25. The molecule has 37 heavy (non-hydrogen) atoms. The van der Waals surface area contributed by atoms with Crippen molar-refractivity contribution in [3.63, 3.8) is 0 Å². The molecule has 1 aliphatic rings. The van der Waals surface area contributed by atoms with Crippen molar-refractivity contribution in [2.75, 3.05) is 6.61 Å². The molecule has 1 aliphatic carbocycles. The minimum atomic E-state index is -0.896. The van der Waals surface area contributed by atoms with E-state index in [0.29, 0.717) is 0 Å². The number of benzene rings is 3. The van der Waals surface area contributed by atoms with Crippen LogP contribution in [0.1, 0.15) is 49.1 Å². The fourth-order valence-corrected chi connectivity index (χ4v) is 5.15. The molecule has 4 aromatic rings. The van der Waals surface area contributed by atoms with Gasteiger partial charge in [0.25, 0.3) is 0 Å². The number of carbonyl (C=O) groups is 2. The number of alkyl carbamates (subject to hydrolysis) is 1. The number of hydrogen-bond acceptors (Lipinski definition) is 4. The van der Waals surface area contributed by atoms with Crippen LogP contribution in [0.3, 0.4) is 0 Å². The molecule has 2 N–H and O–H groups in total. The van der Waals surface area contributed by atoms with Gasteiger partial charge in [0, 0.05) is 28.9 Å². The van der Waals surface area contributed by atoms with Crippen molar-refractivity contribution in [2.24, 2.45) is 0 Å². The van der Waals surface area contributed by atoms with Crippen LogP contribution in [0.15, 0.2) is 72.8 Å². The number of aryl methyl sites for hydroxylation is 1. The number of hydrogen-bond donors (Lipinski definition) is 2. The van der Waals surface area contributed by atoms with Crippen molar-refractivity contribution >= 4 is 23.0 Å². The van der Waals surface area contributed by atoms with E-state index < -0.39 is 23.7 Å². The van der Waals surface area contributed by atoms with Gasteiger partial charge in [-0.15, -0.1) is 0 Å². The molecule has 0 bridgehead atoms. The summed E-state index contributed by atoms with van der Waals surface area (Å²) in [6.45, 7) is 7.58. The number of esters is 1. The van der Waals surface area contributed by atoms with Gasteiger partial charge in [0.1, 0.15) is 18.2 Å². The molecule has 0 aliphatic heterocycles. The number of ether oxygens (including phenoxy) is 2. The van der Waals surface area contributed by atoms with Gasteiger partial charge >= 0.3 is 12.1 Å². The summed E-state index contributed by atoms with van der Waals surface area (Å²) in [4.78, 5) is 29.5. The summed E-state index contributed by atoms with van der Waals surface area (Å²) in [5.41, 5.74) is 6.80. The van der Waals surface area contributed by atoms with E-state index in [1.807, 2.05) is 76.2 Å². The van der Waals surface area contributed by atoms with Crippen molar-refractivity contribution in [2.45, 2.75) is 51.7 Å². The zero-order chi connectivity index (χ0) is 26.2. The maximum absolute atomic E-state index is 13.2. The summed E-state index contributed by atoms with van der Waals surface area (Å²) >= 11 is 0. The number of amides is 1. The number of nitrogens with one attached hydrogen (secondary N) is 2. The highest BCUT2D eigenvalue weighted by Gasteiger charge is 2.31. The number of aromatic nitrogens is 1. The summed E-state index contributed by atoms with van der Waals surface area (Å²) in [7, 11) is 0. The quantitative estimate of drug-likeness (QED) is 0.309. The zero-order valence-corrected chi connectivity index (χ0v) is 21.6. The standard InChI is InChI=1S/C31H32N2O4/c1-19-25(24-15-9-10-16-27(24)32-19)17-28(29(34)37-31(2,3)4)33-30(35)36-18-26-22-13-7-5-11-20(22)21-12-6-8-14-23(21)26/h5-16,26,28,32H,17-18H2,1-4H3,(H,33,35)/t28-/m0/s1.